The van der Waals surface area contributed by atoms with Gasteiger partial charge in [-0.3, -0.25) is 0 Å². The number of nitrogens with one attached hydrogen (secondary N) is 1. The minimum atomic E-state index is -0.250. The van der Waals surface area contributed by atoms with Crippen molar-refractivity contribution in [3.8, 4) is 17.2 Å². The van der Waals surface area contributed by atoms with Crippen LogP contribution in [0.25, 0.3) is 11.1 Å². The van der Waals surface area contributed by atoms with Gasteiger partial charge >= 0.3 is 0 Å². The van der Waals surface area contributed by atoms with Crippen LogP contribution in [0.4, 0.5) is 15.9 Å². The largest absolute Gasteiger partial charge is 0.398 e. The van der Waals surface area contributed by atoms with Crippen LogP contribution >= 0.6 is 0 Å². The normalized spacial score (nSPS) is 23.6. The molecule has 128 valence electrons. The van der Waals surface area contributed by atoms with E-state index in [9.17, 15) is 4.39 Å². The molecule has 5 heteroatoms. The van der Waals surface area contributed by atoms with Gasteiger partial charge in [0.15, 0.2) is 0 Å². The van der Waals surface area contributed by atoms with Crippen LogP contribution in [0.1, 0.15) is 37.3 Å². The Bertz CT molecular complexity index is 878. The molecule has 4 rings (SSSR count). The zero-order valence-electron chi connectivity index (χ0n) is 14.3. The topological polar surface area (TPSA) is 74.7 Å². The Morgan fingerprint density at radius 1 is 1.44 bits per heavy atom. The first-order valence-electron chi connectivity index (χ1n) is 8.76. The Hall–Kier alpha value is -2.61. The van der Waals surface area contributed by atoms with E-state index in [0.717, 1.165) is 36.3 Å². The number of anilines is 2. The zero-order valence-corrected chi connectivity index (χ0v) is 14.3. The smallest absolute Gasteiger partial charge is 0.136 e. The molecule has 3 N–H and O–H groups in total. The molecule has 1 aliphatic carbocycles. The quantitative estimate of drug-likeness (QED) is 0.830. The molecule has 0 bridgehead atoms. The third kappa shape index (κ3) is 2.36. The second-order valence-electron chi connectivity index (χ2n) is 7.24. The first kappa shape index (κ1) is 15.9. The van der Waals surface area contributed by atoms with Crippen LogP contribution < -0.4 is 11.1 Å². The zero-order chi connectivity index (χ0) is 17.6. The number of halogens is 1. The van der Waals surface area contributed by atoms with Gasteiger partial charge in [-0.25, -0.2) is 9.37 Å². The first-order chi connectivity index (χ1) is 12.1. The summed E-state index contributed by atoms with van der Waals surface area (Å²) in [5, 5.41) is 12.3. The number of nitrogens with zero attached hydrogens (tertiary/aromatic N) is 2. The molecule has 2 heterocycles. The fraction of sp³-hybridized carbons (Fsp3) is 0.400. The number of fused-ring (bicyclic) bond motifs is 2. The van der Waals surface area contributed by atoms with Crippen molar-refractivity contribution in [1.29, 1.82) is 5.26 Å². The molecule has 2 aliphatic rings. The van der Waals surface area contributed by atoms with Gasteiger partial charge in [0.2, 0.25) is 0 Å². The summed E-state index contributed by atoms with van der Waals surface area (Å²) < 4.78 is 14.9. The van der Waals surface area contributed by atoms with Crippen LogP contribution in [-0.2, 0) is 11.8 Å². The van der Waals surface area contributed by atoms with Gasteiger partial charge in [-0.2, -0.15) is 5.26 Å². The second kappa shape index (κ2) is 5.73. The molecule has 25 heavy (non-hydrogen) atoms. The van der Waals surface area contributed by atoms with E-state index in [1.807, 2.05) is 6.92 Å². The molecular formula is C20H21FN4. The maximum Gasteiger partial charge on any atom is 0.136 e. The molecule has 2 aromatic rings. The van der Waals surface area contributed by atoms with Crippen LogP contribution in [-0.4, -0.2) is 11.5 Å². The lowest BCUT2D eigenvalue weighted by atomic mass is 9.59. The molecule has 0 radical (unpaired) electrons. The number of nitrogens with two attached hydrogens (primary N) is 1. The first-order valence-corrected chi connectivity index (χ1v) is 8.76. The Kier molecular flexibility index (Phi) is 3.64. The van der Waals surface area contributed by atoms with Gasteiger partial charge < -0.3 is 11.1 Å². The van der Waals surface area contributed by atoms with Crippen LogP contribution in [0.15, 0.2) is 24.4 Å². The number of benzene rings is 1. The molecule has 1 fully saturated rings. The van der Waals surface area contributed by atoms with Gasteiger partial charge in [-0.05, 0) is 43.4 Å². The number of nitriles is 1. The number of aromatic nitrogens is 1. The van der Waals surface area contributed by atoms with Crippen LogP contribution in [0.2, 0.25) is 0 Å². The number of nitrogen functional groups attached to an aromatic ring is 1. The van der Waals surface area contributed by atoms with Crippen molar-refractivity contribution in [1.82, 2.24) is 4.98 Å². The summed E-state index contributed by atoms with van der Waals surface area (Å²) in [6, 6.07) is 7.84. The molecule has 0 atom stereocenters. The molecule has 1 aromatic heterocycles. The fourth-order valence-corrected chi connectivity index (χ4v) is 4.41. The Morgan fingerprint density at radius 3 is 2.96 bits per heavy atom. The van der Waals surface area contributed by atoms with Crippen LogP contribution in [0.5, 0.6) is 0 Å². The molecule has 1 aliphatic heterocycles. The monoisotopic (exact) mass is 336 g/mol. The molecule has 1 aromatic carbocycles. The van der Waals surface area contributed by atoms with Crippen molar-refractivity contribution in [2.45, 2.75) is 38.0 Å². The van der Waals surface area contributed by atoms with Crippen molar-refractivity contribution in [2.24, 2.45) is 5.92 Å². The highest BCUT2D eigenvalue weighted by atomic mass is 19.1. The van der Waals surface area contributed by atoms with Crippen molar-refractivity contribution in [2.75, 3.05) is 17.6 Å². The Morgan fingerprint density at radius 2 is 2.24 bits per heavy atom. The maximum absolute atomic E-state index is 14.9. The van der Waals surface area contributed by atoms with E-state index >= 15 is 0 Å². The molecular weight excluding hydrogens is 315 g/mol. The number of hydrogen-bond acceptors (Lipinski definition) is 4. The second-order valence-corrected chi connectivity index (χ2v) is 7.24. The van der Waals surface area contributed by atoms with Crippen molar-refractivity contribution in [3.63, 3.8) is 0 Å². The van der Waals surface area contributed by atoms with E-state index in [-0.39, 0.29) is 11.2 Å². The highest BCUT2D eigenvalue weighted by Crippen LogP contribution is 2.54. The average Bonchev–Trinajstić information content (AvgIpc) is 2.94. The van der Waals surface area contributed by atoms with Gasteiger partial charge in [0.05, 0.1) is 6.07 Å². The Balaban J connectivity index is 1.73. The molecule has 1 spiro atoms. The molecule has 4 nitrogen and oxygen atoms in total. The summed E-state index contributed by atoms with van der Waals surface area (Å²) >= 11 is 0. The van der Waals surface area contributed by atoms with Crippen LogP contribution in [0, 0.1) is 23.1 Å². The number of pyridine rings is 1. The van der Waals surface area contributed by atoms with E-state index in [1.165, 1.54) is 0 Å². The minimum Gasteiger partial charge on any atom is -0.398 e. The highest BCUT2D eigenvalue weighted by Gasteiger charge is 2.49. The summed E-state index contributed by atoms with van der Waals surface area (Å²) in [7, 11) is 0. The molecule has 1 saturated carbocycles. The Labute approximate surface area is 146 Å². The number of rotatable bonds is 3. The third-order valence-corrected chi connectivity index (χ3v) is 5.74. The lowest BCUT2D eigenvalue weighted by Crippen LogP contribution is -2.42. The summed E-state index contributed by atoms with van der Waals surface area (Å²) in [5.74, 6) is 1.10. The predicted molar refractivity (Wildman–Crippen MR) is 96.5 cm³/mol. The summed E-state index contributed by atoms with van der Waals surface area (Å²) in [5.41, 5.74) is 9.50. The van der Waals surface area contributed by atoms with Gasteiger partial charge in [0, 0.05) is 52.5 Å². The van der Waals surface area contributed by atoms with Crippen molar-refractivity contribution in [3.05, 3.63) is 41.3 Å². The third-order valence-electron chi connectivity index (χ3n) is 5.74. The van der Waals surface area contributed by atoms with E-state index in [1.54, 1.807) is 18.3 Å². The highest BCUT2D eigenvalue weighted by molar-refractivity contribution is 5.72. The summed E-state index contributed by atoms with van der Waals surface area (Å²) in [6.45, 7) is 2.76. The van der Waals surface area contributed by atoms with Crippen molar-refractivity contribution >= 4 is 11.5 Å². The van der Waals surface area contributed by atoms with Gasteiger partial charge in [-0.15, -0.1) is 0 Å². The summed E-state index contributed by atoms with van der Waals surface area (Å²) in [4.78, 5) is 4.53. The fourth-order valence-electron chi connectivity index (χ4n) is 4.41. The standard InChI is InChI=1S/C20H21FN4/c1-2-14-17(23)4-3-15(18(14)21)13-7-16-19(24-10-13)25-11-20(16)8-12(9-20)5-6-22/h3-4,7,10,12H,2,5,8-9,11,23H2,1H3,(H,24,25)/t12-,20-. The summed E-state index contributed by atoms with van der Waals surface area (Å²) in [6.07, 6.45) is 4.89. The number of hydrogen-bond donors (Lipinski definition) is 2. The molecule has 0 unspecified atom stereocenters. The van der Waals surface area contributed by atoms with E-state index in [4.69, 9.17) is 11.0 Å². The van der Waals surface area contributed by atoms with Crippen molar-refractivity contribution < 1.29 is 4.39 Å². The van der Waals surface area contributed by atoms with E-state index in [0.29, 0.717) is 35.6 Å². The lowest BCUT2D eigenvalue weighted by molar-refractivity contribution is 0.165. The van der Waals surface area contributed by atoms with Gasteiger partial charge in [0.1, 0.15) is 11.6 Å². The van der Waals surface area contributed by atoms with Gasteiger partial charge in [-0.1, -0.05) is 6.92 Å². The maximum atomic E-state index is 14.9. The molecule has 0 amide bonds. The van der Waals surface area contributed by atoms with E-state index < -0.39 is 0 Å². The van der Waals surface area contributed by atoms with Gasteiger partial charge in [0.25, 0.3) is 0 Å². The lowest BCUT2D eigenvalue weighted by Gasteiger charge is -2.44. The van der Waals surface area contributed by atoms with Crippen LogP contribution in [0.3, 0.4) is 0 Å². The minimum absolute atomic E-state index is 0.0533. The SMILES string of the molecule is CCc1c(N)ccc(-c2cnc3c(c2)[C@]2(CN3)C[C@@H](CC#N)C2)c1F. The predicted octanol–water partition coefficient (Wildman–Crippen LogP) is 4.02. The molecule has 0 saturated heterocycles. The van der Waals surface area contributed by atoms with E-state index in [2.05, 4.69) is 22.4 Å². The average molecular weight is 336 g/mol.